The number of hydrogen-bond acceptors (Lipinski definition) is 5. The van der Waals surface area contributed by atoms with Crippen LogP contribution in [0.25, 0.3) is 0 Å². The van der Waals surface area contributed by atoms with E-state index < -0.39 is 5.82 Å². The van der Waals surface area contributed by atoms with E-state index in [1.165, 1.54) is 28.4 Å². The SMILES string of the molecule is Cc1cnc(NC(=O)C2CN(C(=O)COc3ccccc3F)C2)s1. The largest absolute Gasteiger partial charge is 0.481 e. The molecule has 0 saturated carbocycles. The van der Waals surface area contributed by atoms with Gasteiger partial charge in [-0.05, 0) is 19.1 Å². The van der Waals surface area contributed by atoms with Gasteiger partial charge in [0.2, 0.25) is 5.91 Å². The molecule has 1 aromatic heterocycles. The minimum absolute atomic E-state index is 0.0415. The molecular weight excluding hydrogens is 333 g/mol. The number of nitrogens with zero attached hydrogens (tertiary/aromatic N) is 2. The number of aryl methyl sites for hydroxylation is 1. The number of nitrogens with one attached hydrogen (secondary N) is 1. The molecule has 0 unspecified atom stereocenters. The summed E-state index contributed by atoms with van der Waals surface area (Å²) in [6.45, 7) is 2.32. The fourth-order valence-electron chi connectivity index (χ4n) is 2.26. The summed E-state index contributed by atoms with van der Waals surface area (Å²) in [6, 6.07) is 5.91. The minimum atomic E-state index is -0.509. The van der Waals surface area contributed by atoms with E-state index in [2.05, 4.69) is 10.3 Å². The molecule has 1 N–H and O–H groups in total. The molecule has 1 aliphatic heterocycles. The summed E-state index contributed by atoms with van der Waals surface area (Å²) >= 11 is 1.40. The van der Waals surface area contributed by atoms with Crippen LogP contribution in [-0.2, 0) is 9.59 Å². The summed E-state index contributed by atoms with van der Waals surface area (Å²) < 4.78 is 18.6. The average Bonchev–Trinajstić information content (AvgIpc) is 2.90. The first-order valence-corrected chi connectivity index (χ1v) is 8.23. The van der Waals surface area contributed by atoms with Gasteiger partial charge in [-0.15, -0.1) is 11.3 Å². The zero-order valence-corrected chi connectivity index (χ0v) is 13.8. The monoisotopic (exact) mass is 349 g/mol. The molecule has 1 saturated heterocycles. The van der Waals surface area contributed by atoms with E-state index >= 15 is 0 Å². The van der Waals surface area contributed by atoms with E-state index in [-0.39, 0.29) is 30.1 Å². The molecule has 2 heterocycles. The van der Waals surface area contributed by atoms with Crippen molar-refractivity contribution in [3.63, 3.8) is 0 Å². The van der Waals surface area contributed by atoms with Crippen molar-refractivity contribution >= 4 is 28.3 Å². The highest BCUT2D eigenvalue weighted by atomic mass is 32.1. The van der Waals surface area contributed by atoms with Crippen molar-refractivity contribution in [1.29, 1.82) is 0 Å². The molecule has 1 aliphatic rings. The van der Waals surface area contributed by atoms with Crippen LogP contribution in [0.3, 0.4) is 0 Å². The number of hydrogen-bond donors (Lipinski definition) is 1. The number of likely N-dealkylation sites (tertiary alicyclic amines) is 1. The molecule has 0 bridgehead atoms. The number of anilines is 1. The summed E-state index contributed by atoms with van der Waals surface area (Å²) in [6.07, 6.45) is 1.69. The summed E-state index contributed by atoms with van der Waals surface area (Å²) in [5.74, 6) is -1.15. The molecule has 3 rings (SSSR count). The molecule has 6 nitrogen and oxygen atoms in total. The van der Waals surface area contributed by atoms with Crippen molar-refractivity contribution in [3.8, 4) is 5.75 Å². The third kappa shape index (κ3) is 3.70. The van der Waals surface area contributed by atoms with E-state index in [9.17, 15) is 14.0 Å². The van der Waals surface area contributed by atoms with Crippen molar-refractivity contribution < 1.29 is 18.7 Å². The molecule has 1 aromatic carbocycles. The smallest absolute Gasteiger partial charge is 0.260 e. The average molecular weight is 349 g/mol. The van der Waals surface area contributed by atoms with E-state index in [1.807, 2.05) is 6.92 Å². The van der Waals surface area contributed by atoms with Crippen LogP contribution in [-0.4, -0.2) is 41.4 Å². The summed E-state index contributed by atoms with van der Waals surface area (Å²) in [7, 11) is 0. The topological polar surface area (TPSA) is 71.5 Å². The second kappa shape index (κ2) is 6.96. The van der Waals surface area contributed by atoms with Crippen LogP contribution in [0.4, 0.5) is 9.52 Å². The zero-order chi connectivity index (χ0) is 17.1. The predicted molar refractivity (Wildman–Crippen MR) is 87.4 cm³/mol. The van der Waals surface area contributed by atoms with Gasteiger partial charge in [0.15, 0.2) is 23.3 Å². The van der Waals surface area contributed by atoms with Gasteiger partial charge in [0, 0.05) is 24.2 Å². The highest BCUT2D eigenvalue weighted by Gasteiger charge is 2.36. The first kappa shape index (κ1) is 16.4. The van der Waals surface area contributed by atoms with Crippen LogP contribution in [0.5, 0.6) is 5.75 Å². The van der Waals surface area contributed by atoms with Gasteiger partial charge < -0.3 is 15.0 Å². The highest BCUT2D eigenvalue weighted by Crippen LogP contribution is 2.22. The fraction of sp³-hybridized carbons (Fsp3) is 0.312. The van der Waals surface area contributed by atoms with Gasteiger partial charge in [0.05, 0.1) is 5.92 Å². The second-order valence-corrected chi connectivity index (χ2v) is 6.71. The number of amides is 2. The summed E-state index contributed by atoms with van der Waals surface area (Å²) in [4.78, 5) is 30.6. The van der Waals surface area contributed by atoms with Gasteiger partial charge in [0.1, 0.15) is 0 Å². The van der Waals surface area contributed by atoms with Gasteiger partial charge in [-0.25, -0.2) is 9.37 Å². The van der Waals surface area contributed by atoms with Crippen LogP contribution in [0.1, 0.15) is 4.88 Å². The molecule has 2 aromatic rings. The molecule has 0 radical (unpaired) electrons. The van der Waals surface area contributed by atoms with Crippen LogP contribution in [0.15, 0.2) is 30.5 Å². The van der Waals surface area contributed by atoms with Crippen LogP contribution >= 0.6 is 11.3 Å². The fourth-order valence-corrected chi connectivity index (χ4v) is 2.93. The number of ether oxygens (including phenoxy) is 1. The zero-order valence-electron chi connectivity index (χ0n) is 13.0. The maximum atomic E-state index is 13.4. The lowest BCUT2D eigenvalue weighted by Crippen LogP contribution is -2.55. The first-order chi connectivity index (χ1) is 11.5. The molecule has 0 spiro atoms. The van der Waals surface area contributed by atoms with E-state index in [4.69, 9.17) is 4.74 Å². The Kier molecular flexibility index (Phi) is 4.75. The Morgan fingerprint density at radius 1 is 1.42 bits per heavy atom. The number of para-hydroxylation sites is 1. The number of aromatic nitrogens is 1. The standard InChI is InChI=1S/C16H16FN3O3S/c1-10-6-18-16(24-10)19-15(22)11-7-20(8-11)14(21)9-23-13-5-3-2-4-12(13)17/h2-6,11H,7-9H2,1H3,(H,18,19,22). The van der Waals surface area contributed by atoms with Gasteiger partial charge in [-0.1, -0.05) is 12.1 Å². The Labute approximate surface area is 142 Å². The van der Waals surface area contributed by atoms with E-state index in [0.29, 0.717) is 18.2 Å². The Morgan fingerprint density at radius 3 is 2.83 bits per heavy atom. The van der Waals surface area contributed by atoms with Crippen LogP contribution in [0, 0.1) is 18.7 Å². The van der Waals surface area contributed by atoms with Crippen molar-refractivity contribution in [2.24, 2.45) is 5.92 Å². The third-order valence-electron chi connectivity index (χ3n) is 3.64. The molecule has 24 heavy (non-hydrogen) atoms. The van der Waals surface area contributed by atoms with Crippen molar-refractivity contribution in [1.82, 2.24) is 9.88 Å². The quantitative estimate of drug-likeness (QED) is 0.897. The predicted octanol–water partition coefficient (Wildman–Crippen LogP) is 2.07. The number of thiazole rings is 1. The van der Waals surface area contributed by atoms with Crippen molar-refractivity contribution in [2.75, 3.05) is 25.0 Å². The molecule has 0 atom stereocenters. The lowest BCUT2D eigenvalue weighted by Gasteiger charge is -2.37. The summed E-state index contributed by atoms with van der Waals surface area (Å²) in [5.41, 5.74) is 0. The van der Waals surface area contributed by atoms with Gasteiger partial charge in [0.25, 0.3) is 5.91 Å². The molecular formula is C16H16FN3O3S. The number of rotatable bonds is 5. The Hall–Kier alpha value is -2.48. The summed E-state index contributed by atoms with van der Waals surface area (Å²) in [5, 5.41) is 3.30. The van der Waals surface area contributed by atoms with Gasteiger partial charge >= 0.3 is 0 Å². The van der Waals surface area contributed by atoms with Crippen molar-refractivity contribution in [2.45, 2.75) is 6.92 Å². The number of benzene rings is 1. The van der Waals surface area contributed by atoms with Gasteiger partial charge in [-0.3, -0.25) is 9.59 Å². The Bertz CT molecular complexity index is 759. The first-order valence-electron chi connectivity index (χ1n) is 7.41. The van der Waals surface area contributed by atoms with E-state index in [0.717, 1.165) is 4.88 Å². The molecule has 8 heteroatoms. The van der Waals surface area contributed by atoms with Crippen LogP contribution in [0.2, 0.25) is 0 Å². The Morgan fingerprint density at radius 2 is 2.17 bits per heavy atom. The lowest BCUT2D eigenvalue weighted by molar-refractivity contribution is -0.143. The lowest BCUT2D eigenvalue weighted by atomic mass is 9.99. The van der Waals surface area contributed by atoms with Gasteiger partial charge in [-0.2, -0.15) is 0 Å². The van der Waals surface area contributed by atoms with Crippen molar-refractivity contribution in [3.05, 3.63) is 41.2 Å². The third-order valence-corrected chi connectivity index (χ3v) is 4.47. The number of carbonyl (C=O) groups excluding carboxylic acids is 2. The maximum Gasteiger partial charge on any atom is 0.260 e. The molecule has 1 fully saturated rings. The molecule has 0 aliphatic carbocycles. The molecule has 2 amide bonds. The second-order valence-electron chi connectivity index (χ2n) is 5.48. The van der Waals surface area contributed by atoms with E-state index in [1.54, 1.807) is 18.3 Å². The highest BCUT2D eigenvalue weighted by molar-refractivity contribution is 7.15. The van der Waals surface area contributed by atoms with Crippen LogP contribution < -0.4 is 10.1 Å². The number of halogens is 1. The number of carbonyl (C=O) groups is 2. The minimum Gasteiger partial charge on any atom is -0.481 e. The normalized spacial score (nSPS) is 14.2. The molecule has 126 valence electrons. The maximum absolute atomic E-state index is 13.4. The Balaban J connectivity index is 1.43.